The molecule has 7 heteroatoms. The van der Waals surface area contributed by atoms with Gasteiger partial charge >= 0.3 is 5.97 Å². The third-order valence-electron chi connectivity index (χ3n) is 2.99. The molecule has 0 radical (unpaired) electrons. The molecule has 0 aliphatic rings. The van der Waals surface area contributed by atoms with Gasteiger partial charge in [-0.3, -0.25) is 0 Å². The monoisotopic (exact) mass is 320 g/mol. The van der Waals surface area contributed by atoms with Crippen LogP contribution in [-0.2, 0) is 9.84 Å². The summed E-state index contributed by atoms with van der Waals surface area (Å²) in [7, 11) is -2.43. The number of halogens is 1. The van der Waals surface area contributed by atoms with Gasteiger partial charge in [-0.1, -0.05) is 31.9 Å². The maximum absolute atomic E-state index is 12.4. The minimum absolute atomic E-state index is 0.0445. The molecule has 0 saturated carbocycles. The molecule has 0 aromatic heterocycles. The highest BCUT2D eigenvalue weighted by atomic mass is 35.5. The van der Waals surface area contributed by atoms with E-state index >= 15 is 0 Å². The number of ether oxygens (including phenoxy) is 1. The molecule has 0 heterocycles. The predicted octanol–water partition coefficient (Wildman–Crippen LogP) is 2.87. The molecular weight excluding hydrogens is 304 g/mol. The van der Waals surface area contributed by atoms with Crippen molar-refractivity contribution in [1.29, 1.82) is 0 Å². The minimum atomic E-state index is -3.67. The first-order valence-electron chi connectivity index (χ1n) is 6.06. The molecule has 5 nitrogen and oxygen atoms in total. The SMILES string of the molecule is CCC(C)CS(=O)(=O)c1cc(Cl)cc(C(=O)O)c1OC. The van der Waals surface area contributed by atoms with Gasteiger partial charge in [0.25, 0.3) is 0 Å². The Morgan fingerprint density at radius 3 is 2.50 bits per heavy atom. The van der Waals surface area contributed by atoms with Gasteiger partial charge in [-0.2, -0.15) is 0 Å². The van der Waals surface area contributed by atoms with E-state index in [9.17, 15) is 13.2 Å². The molecule has 0 saturated heterocycles. The van der Waals surface area contributed by atoms with E-state index in [0.29, 0.717) is 6.42 Å². The Morgan fingerprint density at radius 1 is 1.45 bits per heavy atom. The Balaban J connectivity index is 3.48. The maximum atomic E-state index is 12.4. The van der Waals surface area contributed by atoms with E-state index < -0.39 is 15.8 Å². The lowest BCUT2D eigenvalue weighted by molar-refractivity contribution is 0.0693. The van der Waals surface area contributed by atoms with E-state index in [2.05, 4.69) is 0 Å². The standard InChI is InChI=1S/C13H17ClO5S/c1-4-8(2)7-20(17,18)11-6-9(14)5-10(13(15)16)12(11)19-3/h5-6,8H,4,7H2,1-3H3,(H,15,16). The van der Waals surface area contributed by atoms with Crippen molar-refractivity contribution in [2.75, 3.05) is 12.9 Å². The highest BCUT2D eigenvalue weighted by molar-refractivity contribution is 7.91. The number of sulfone groups is 1. The molecule has 0 amide bonds. The van der Waals surface area contributed by atoms with E-state index in [1.54, 1.807) is 0 Å². The lowest BCUT2D eigenvalue weighted by atomic mass is 10.2. The van der Waals surface area contributed by atoms with Crippen LogP contribution in [0.1, 0.15) is 30.6 Å². The summed E-state index contributed by atoms with van der Waals surface area (Å²) in [6.45, 7) is 3.70. The highest BCUT2D eigenvalue weighted by Crippen LogP contribution is 2.33. The van der Waals surface area contributed by atoms with Crippen molar-refractivity contribution >= 4 is 27.4 Å². The van der Waals surface area contributed by atoms with E-state index in [1.807, 2.05) is 13.8 Å². The summed E-state index contributed by atoms with van der Waals surface area (Å²) >= 11 is 5.82. The van der Waals surface area contributed by atoms with Gasteiger partial charge in [0, 0.05) is 5.02 Å². The number of benzene rings is 1. The maximum Gasteiger partial charge on any atom is 0.339 e. The summed E-state index contributed by atoms with van der Waals surface area (Å²) < 4.78 is 29.7. The minimum Gasteiger partial charge on any atom is -0.494 e. The largest absolute Gasteiger partial charge is 0.494 e. The molecule has 0 aliphatic carbocycles. The molecule has 0 fully saturated rings. The average molecular weight is 321 g/mol. The Morgan fingerprint density at radius 2 is 2.05 bits per heavy atom. The summed E-state index contributed by atoms with van der Waals surface area (Å²) in [4.78, 5) is 11.0. The molecule has 1 atom stereocenters. The van der Waals surface area contributed by atoms with Crippen molar-refractivity contribution in [2.45, 2.75) is 25.2 Å². The second-order valence-electron chi connectivity index (χ2n) is 4.58. The van der Waals surface area contributed by atoms with E-state index in [0.717, 1.165) is 0 Å². The van der Waals surface area contributed by atoms with Crippen LogP contribution in [0.2, 0.25) is 5.02 Å². The van der Waals surface area contributed by atoms with Crippen LogP contribution in [0.5, 0.6) is 5.75 Å². The molecular formula is C13H17ClO5S. The van der Waals surface area contributed by atoms with Crippen LogP contribution in [0.4, 0.5) is 0 Å². The molecule has 0 spiro atoms. The van der Waals surface area contributed by atoms with Crippen molar-refractivity contribution in [3.05, 3.63) is 22.7 Å². The van der Waals surface area contributed by atoms with Crippen molar-refractivity contribution < 1.29 is 23.1 Å². The van der Waals surface area contributed by atoms with E-state index in [-0.39, 0.29) is 32.9 Å². The van der Waals surface area contributed by atoms with E-state index in [1.165, 1.54) is 19.2 Å². The van der Waals surface area contributed by atoms with E-state index in [4.69, 9.17) is 21.4 Å². The van der Waals surface area contributed by atoms with Crippen molar-refractivity contribution in [2.24, 2.45) is 5.92 Å². The van der Waals surface area contributed by atoms with Gasteiger partial charge in [0.15, 0.2) is 15.6 Å². The quantitative estimate of drug-likeness (QED) is 0.871. The van der Waals surface area contributed by atoms with Gasteiger partial charge < -0.3 is 9.84 Å². The lowest BCUT2D eigenvalue weighted by Gasteiger charge is -2.14. The molecule has 0 aliphatic heterocycles. The molecule has 112 valence electrons. The Kier molecular flexibility index (Phi) is 5.42. The van der Waals surface area contributed by atoms with Gasteiger partial charge in [0.1, 0.15) is 10.5 Å². The average Bonchev–Trinajstić information content (AvgIpc) is 2.36. The Bertz CT molecular complexity index is 609. The van der Waals surface area contributed by atoms with Crippen LogP contribution in [0, 0.1) is 5.92 Å². The number of aromatic carboxylic acids is 1. The zero-order chi connectivity index (χ0) is 15.5. The summed E-state index contributed by atoms with van der Waals surface area (Å²) in [6.07, 6.45) is 0.702. The van der Waals surface area contributed by atoms with Gasteiger partial charge in [0.05, 0.1) is 12.9 Å². The summed E-state index contributed by atoms with van der Waals surface area (Å²) in [5.41, 5.74) is -0.261. The first-order chi connectivity index (χ1) is 9.22. The fourth-order valence-electron chi connectivity index (χ4n) is 1.75. The van der Waals surface area contributed by atoms with Gasteiger partial charge in [-0.15, -0.1) is 0 Å². The summed E-state index contributed by atoms with van der Waals surface area (Å²) in [5.74, 6) is -1.59. The molecule has 1 aromatic carbocycles. The van der Waals surface area contributed by atoms with Crippen LogP contribution in [0.3, 0.4) is 0 Å². The molecule has 1 N–H and O–H groups in total. The number of methoxy groups -OCH3 is 1. The number of carboxylic acids is 1. The van der Waals surface area contributed by atoms with Crippen LogP contribution in [-0.4, -0.2) is 32.4 Å². The first kappa shape index (κ1) is 16.8. The fraction of sp³-hybridized carbons (Fsp3) is 0.462. The molecule has 1 aromatic rings. The Labute approximate surface area is 123 Å². The highest BCUT2D eigenvalue weighted by Gasteiger charge is 2.26. The second-order valence-corrected chi connectivity index (χ2v) is 7.02. The summed E-state index contributed by atoms with van der Waals surface area (Å²) in [6, 6.07) is 2.40. The molecule has 20 heavy (non-hydrogen) atoms. The van der Waals surface area contributed by atoms with Crippen LogP contribution < -0.4 is 4.74 Å². The fourth-order valence-corrected chi connectivity index (χ4v) is 3.98. The summed E-state index contributed by atoms with van der Waals surface area (Å²) in [5, 5.41) is 9.15. The van der Waals surface area contributed by atoms with Crippen LogP contribution >= 0.6 is 11.6 Å². The van der Waals surface area contributed by atoms with Gasteiger partial charge in [-0.25, -0.2) is 13.2 Å². The third kappa shape index (κ3) is 3.64. The zero-order valence-corrected chi connectivity index (χ0v) is 13.1. The Hall–Kier alpha value is -1.27. The molecule has 0 bridgehead atoms. The number of rotatable bonds is 6. The molecule has 1 rings (SSSR count). The lowest BCUT2D eigenvalue weighted by Crippen LogP contribution is -2.16. The van der Waals surface area contributed by atoms with Crippen molar-refractivity contribution in [1.82, 2.24) is 0 Å². The number of hydrogen-bond donors (Lipinski definition) is 1. The van der Waals surface area contributed by atoms with Gasteiger partial charge in [0.2, 0.25) is 0 Å². The number of carbonyl (C=O) groups is 1. The van der Waals surface area contributed by atoms with Crippen molar-refractivity contribution in [3.8, 4) is 5.75 Å². The van der Waals surface area contributed by atoms with Gasteiger partial charge in [-0.05, 0) is 18.1 Å². The predicted molar refractivity (Wildman–Crippen MR) is 76.5 cm³/mol. The van der Waals surface area contributed by atoms with Crippen molar-refractivity contribution in [3.63, 3.8) is 0 Å². The zero-order valence-electron chi connectivity index (χ0n) is 11.5. The third-order valence-corrected chi connectivity index (χ3v) is 5.19. The molecule has 1 unspecified atom stereocenters. The number of carboxylic acid groups (broad SMARTS) is 1. The van der Waals surface area contributed by atoms with Crippen LogP contribution in [0.25, 0.3) is 0 Å². The topological polar surface area (TPSA) is 80.7 Å². The number of hydrogen-bond acceptors (Lipinski definition) is 4. The smallest absolute Gasteiger partial charge is 0.339 e. The first-order valence-corrected chi connectivity index (χ1v) is 8.09. The second kappa shape index (κ2) is 6.45. The van der Waals surface area contributed by atoms with Crippen LogP contribution in [0.15, 0.2) is 17.0 Å². The normalized spacial score (nSPS) is 13.0.